The normalized spacial score (nSPS) is 14.9. The first kappa shape index (κ1) is 22.8. The van der Waals surface area contributed by atoms with Crippen LogP contribution < -0.4 is 15.5 Å². The Hall–Kier alpha value is -2.86. The van der Waals surface area contributed by atoms with E-state index in [1.165, 1.54) is 5.56 Å². The Balaban J connectivity index is 1.56. The third-order valence-corrected chi connectivity index (χ3v) is 5.51. The van der Waals surface area contributed by atoms with E-state index in [0.29, 0.717) is 11.6 Å². The Bertz CT molecular complexity index is 903. The lowest BCUT2D eigenvalue weighted by atomic mass is 10.00. The van der Waals surface area contributed by atoms with Crippen molar-refractivity contribution in [2.75, 3.05) is 36.5 Å². The van der Waals surface area contributed by atoms with E-state index in [-0.39, 0.29) is 6.04 Å². The van der Waals surface area contributed by atoms with Crippen LogP contribution in [0.25, 0.3) is 0 Å². The van der Waals surface area contributed by atoms with Gasteiger partial charge in [0.05, 0.1) is 19.3 Å². The lowest BCUT2D eigenvalue weighted by Crippen LogP contribution is -2.37. The molecule has 2 aromatic carbocycles. The van der Waals surface area contributed by atoms with Crippen molar-refractivity contribution in [2.24, 2.45) is 5.92 Å². The lowest BCUT2D eigenvalue weighted by molar-refractivity contribution is -0.136. The predicted octanol–water partition coefficient (Wildman–Crippen LogP) is 3.85. The summed E-state index contributed by atoms with van der Waals surface area (Å²) in [6, 6.07) is 13.8. The van der Waals surface area contributed by atoms with Gasteiger partial charge in [0.25, 0.3) is 0 Å². The quantitative estimate of drug-likeness (QED) is 0.693. The maximum atomic E-state index is 12.4. The van der Waals surface area contributed by atoms with Gasteiger partial charge in [-0.2, -0.15) is 0 Å². The average Bonchev–Trinajstić information content (AvgIpc) is 2.75. The minimum absolute atomic E-state index is 0.254. The molecule has 3 rings (SSSR count). The minimum atomic E-state index is -0.662. The molecule has 166 valence electrons. The molecule has 0 aliphatic carbocycles. The molecule has 0 spiro atoms. The molecule has 1 saturated heterocycles. The highest BCUT2D eigenvalue weighted by atomic mass is 16.5. The van der Waals surface area contributed by atoms with Crippen LogP contribution in [-0.4, -0.2) is 38.1 Å². The molecule has 0 unspecified atom stereocenters. The summed E-state index contributed by atoms with van der Waals surface area (Å²) in [6.07, 6.45) is 1.02. The average molecular weight is 424 g/mol. The molecule has 0 aromatic heterocycles. The van der Waals surface area contributed by atoms with E-state index in [1.54, 1.807) is 0 Å². The summed E-state index contributed by atoms with van der Waals surface area (Å²) in [5, 5.41) is 5.52. The van der Waals surface area contributed by atoms with E-state index in [4.69, 9.17) is 4.74 Å². The summed E-state index contributed by atoms with van der Waals surface area (Å²) >= 11 is 0. The molecule has 1 aliphatic rings. The third-order valence-electron chi connectivity index (χ3n) is 5.51. The van der Waals surface area contributed by atoms with Crippen molar-refractivity contribution in [3.8, 4) is 0 Å². The fourth-order valence-electron chi connectivity index (χ4n) is 3.74. The van der Waals surface area contributed by atoms with E-state index in [9.17, 15) is 9.59 Å². The van der Waals surface area contributed by atoms with Gasteiger partial charge in [-0.05, 0) is 61.1 Å². The molecule has 31 heavy (non-hydrogen) atoms. The van der Waals surface area contributed by atoms with Gasteiger partial charge in [-0.3, -0.25) is 9.59 Å². The molecule has 0 bridgehead atoms. The Labute approximate surface area is 185 Å². The second kappa shape index (κ2) is 10.4. The molecule has 0 saturated carbocycles. The highest BCUT2D eigenvalue weighted by Crippen LogP contribution is 2.23. The van der Waals surface area contributed by atoms with Crippen LogP contribution in [0.4, 0.5) is 11.4 Å². The van der Waals surface area contributed by atoms with Crippen LogP contribution in [0, 0.1) is 12.8 Å². The van der Waals surface area contributed by atoms with Crippen molar-refractivity contribution in [2.45, 2.75) is 40.2 Å². The molecule has 0 radical (unpaired) electrons. The van der Waals surface area contributed by atoms with E-state index in [1.807, 2.05) is 44.2 Å². The van der Waals surface area contributed by atoms with Crippen molar-refractivity contribution < 1.29 is 14.3 Å². The number of carbonyl (C=O) groups is 2. The highest BCUT2D eigenvalue weighted by Gasteiger charge is 2.19. The number of carbonyl (C=O) groups excluding carboxylic acids is 2. The second-order valence-corrected chi connectivity index (χ2v) is 8.59. The van der Waals surface area contributed by atoms with Gasteiger partial charge in [0.15, 0.2) is 0 Å². The zero-order valence-electron chi connectivity index (χ0n) is 18.9. The fraction of sp³-hybridized carbons (Fsp3) is 0.440. The van der Waals surface area contributed by atoms with Gasteiger partial charge < -0.3 is 20.3 Å². The molecule has 2 N–H and O–H groups in total. The zero-order valence-corrected chi connectivity index (χ0v) is 18.9. The molecular weight excluding hydrogens is 390 g/mol. The van der Waals surface area contributed by atoms with Crippen molar-refractivity contribution >= 4 is 23.2 Å². The summed E-state index contributed by atoms with van der Waals surface area (Å²) in [5.41, 5.74) is 4.89. The van der Waals surface area contributed by atoms with Crippen LogP contribution in [0.3, 0.4) is 0 Å². The number of morpholine rings is 1. The largest absolute Gasteiger partial charge is 0.378 e. The SMILES string of the molecule is Cc1cc(N2CCOCC2)ccc1NC(=O)C(=O)N[C@H](C)c1ccc(CC(C)C)cc1. The molecule has 2 amide bonds. The van der Waals surface area contributed by atoms with Crippen LogP contribution >= 0.6 is 0 Å². The van der Waals surface area contributed by atoms with Gasteiger partial charge in [-0.15, -0.1) is 0 Å². The van der Waals surface area contributed by atoms with Crippen molar-refractivity contribution in [3.63, 3.8) is 0 Å². The van der Waals surface area contributed by atoms with Gasteiger partial charge in [0.2, 0.25) is 0 Å². The first-order chi connectivity index (χ1) is 14.8. The predicted molar refractivity (Wildman–Crippen MR) is 124 cm³/mol. The van der Waals surface area contributed by atoms with Gasteiger partial charge in [-0.1, -0.05) is 38.1 Å². The van der Waals surface area contributed by atoms with Gasteiger partial charge in [0, 0.05) is 24.5 Å². The first-order valence-electron chi connectivity index (χ1n) is 11.0. The highest BCUT2D eigenvalue weighted by molar-refractivity contribution is 6.39. The number of nitrogens with one attached hydrogen (secondary N) is 2. The minimum Gasteiger partial charge on any atom is -0.378 e. The Kier molecular flexibility index (Phi) is 7.69. The van der Waals surface area contributed by atoms with Crippen LogP contribution in [0.5, 0.6) is 0 Å². The number of anilines is 2. The number of hydrogen-bond acceptors (Lipinski definition) is 4. The van der Waals surface area contributed by atoms with E-state index in [2.05, 4.69) is 41.5 Å². The third kappa shape index (κ3) is 6.31. The smallest absolute Gasteiger partial charge is 0.313 e. The fourth-order valence-corrected chi connectivity index (χ4v) is 3.74. The van der Waals surface area contributed by atoms with E-state index < -0.39 is 11.8 Å². The number of aryl methyl sites for hydroxylation is 1. The second-order valence-electron chi connectivity index (χ2n) is 8.59. The topological polar surface area (TPSA) is 70.7 Å². The monoisotopic (exact) mass is 423 g/mol. The maximum Gasteiger partial charge on any atom is 0.313 e. The molecule has 1 atom stereocenters. The van der Waals surface area contributed by atoms with Crippen molar-refractivity contribution in [1.29, 1.82) is 0 Å². The molecule has 6 nitrogen and oxygen atoms in total. The Morgan fingerprint density at radius 1 is 1.00 bits per heavy atom. The number of amides is 2. The van der Waals surface area contributed by atoms with Gasteiger partial charge in [0.1, 0.15) is 0 Å². The number of nitrogens with zero attached hydrogens (tertiary/aromatic N) is 1. The summed E-state index contributed by atoms with van der Waals surface area (Å²) in [7, 11) is 0. The van der Waals surface area contributed by atoms with Crippen molar-refractivity contribution in [1.82, 2.24) is 5.32 Å². The van der Waals surface area contributed by atoms with E-state index in [0.717, 1.165) is 49.5 Å². The van der Waals surface area contributed by atoms with Crippen LogP contribution in [0.2, 0.25) is 0 Å². The number of ether oxygens (including phenoxy) is 1. The Morgan fingerprint density at radius 3 is 2.29 bits per heavy atom. The Morgan fingerprint density at radius 2 is 1.68 bits per heavy atom. The van der Waals surface area contributed by atoms with Crippen LogP contribution in [0.1, 0.15) is 43.5 Å². The standard InChI is InChI=1S/C25H33N3O3/c1-17(2)15-20-5-7-21(8-6-20)19(4)26-24(29)25(30)27-23-10-9-22(16-18(23)3)28-11-13-31-14-12-28/h5-10,16-17,19H,11-15H2,1-4H3,(H,26,29)(H,27,30)/t19-/m1/s1. The van der Waals surface area contributed by atoms with E-state index >= 15 is 0 Å². The van der Waals surface area contributed by atoms with Gasteiger partial charge >= 0.3 is 11.8 Å². The van der Waals surface area contributed by atoms with Crippen LogP contribution in [-0.2, 0) is 20.7 Å². The molecule has 1 heterocycles. The molecule has 2 aromatic rings. The summed E-state index contributed by atoms with van der Waals surface area (Å²) in [5.74, 6) is -0.709. The van der Waals surface area contributed by atoms with Gasteiger partial charge in [-0.25, -0.2) is 0 Å². The number of hydrogen-bond donors (Lipinski definition) is 2. The number of benzene rings is 2. The van der Waals surface area contributed by atoms with Crippen LogP contribution in [0.15, 0.2) is 42.5 Å². The summed E-state index contributed by atoms with van der Waals surface area (Å²) in [4.78, 5) is 27.1. The summed E-state index contributed by atoms with van der Waals surface area (Å²) in [6.45, 7) is 11.3. The zero-order chi connectivity index (χ0) is 22.4. The molecular formula is C25H33N3O3. The molecule has 1 aliphatic heterocycles. The number of rotatable bonds is 6. The first-order valence-corrected chi connectivity index (χ1v) is 11.0. The molecule has 6 heteroatoms. The van der Waals surface area contributed by atoms with Crippen molar-refractivity contribution in [3.05, 3.63) is 59.2 Å². The maximum absolute atomic E-state index is 12.4. The lowest BCUT2D eigenvalue weighted by Gasteiger charge is -2.29. The summed E-state index contributed by atoms with van der Waals surface area (Å²) < 4.78 is 5.40. The molecule has 1 fully saturated rings.